The highest BCUT2D eigenvalue weighted by Gasteiger charge is 2.10. The molecule has 0 amide bonds. The van der Waals surface area contributed by atoms with Crippen LogP contribution in [0.25, 0.3) is 0 Å². The topological polar surface area (TPSA) is 20.2 Å². The Kier molecular flexibility index (Phi) is 2.79. The molecular formula is C9H16O. The minimum atomic E-state index is 0.493. The minimum Gasteiger partial charge on any atom is -0.513 e. The Morgan fingerprint density at radius 2 is 1.90 bits per heavy atom. The third-order valence-corrected chi connectivity index (χ3v) is 2.13. The SMILES string of the molecule is C/C(O)=C/C1CCCCC1. The Morgan fingerprint density at radius 3 is 2.40 bits per heavy atom. The van der Waals surface area contributed by atoms with Gasteiger partial charge in [-0.05, 0) is 31.8 Å². The summed E-state index contributed by atoms with van der Waals surface area (Å²) in [5.41, 5.74) is 0. The number of rotatable bonds is 1. The van der Waals surface area contributed by atoms with Crippen molar-refractivity contribution in [2.24, 2.45) is 5.92 Å². The predicted molar refractivity (Wildman–Crippen MR) is 43.0 cm³/mol. The molecule has 1 heteroatoms. The van der Waals surface area contributed by atoms with Crippen molar-refractivity contribution in [2.45, 2.75) is 39.0 Å². The van der Waals surface area contributed by atoms with Gasteiger partial charge in [0.25, 0.3) is 0 Å². The van der Waals surface area contributed by atoms with E-state index >= 15 is 0 Å². The van der Waals surface area contributed by atoms with Gasteiger partial charge in [0.15, 0.2) is 0 Å². The van der Waals surface area contributed by atoms with Crippen LogP contribution in [-0.2, 0) is 0 Å². The second-order valence-corrected chi connectivity index (χ2v) is 3.21. The molecule has 0 aromatic rings. The molecule has 1 saturated carbocycles. The van der Waals surface area contributed by atoms with E-state index < -0.39 is 0 Å². The molecule has 1 N–H and O–H groups in total. The van der Waals surface area contributed by atoms with Crippen LogP contribution >= 0.6 is 0 Å². The van der Waals surface area contributed by atoms with Crippen molar-refractivity contribution in [3.63, 3.8) is 0 Å². The first-order chi connectivity index (χ1) is 4.79. The summed E-state index contributed by atoms with van der Waals surface area (Å²) in [6.45, 7) is 1.76. The maximum absolute atomic E-state index is 8.97. The van der Waals surface area contributed by atoms with Gasteiger partial charge in [-0.25, -0.2) is 0 Å². The maximum Gasteiger partial charge on any atom is 0.0854 e. The zero-order chi connectivity index (χ0) is 7.40. The zero-order valence-corrected chi connectivity index (χ0v) is 6.64. The molecule has 1 fully saturated rings. The van der Waals surface area contributed by atoms with Crippen LogP contribution in [-0.4, -0.2) is 5.11 Å². The first kappa shape index (κ1) is 7.64. The molecular weight excluding hydrogens is 124 g/mol. The molecule has 1 aliphatic carbocycles. The van der Waals surface area contributed by atoms with E-state index in [4.69, 9.17) is 5.11 Å². The molecule has 0 saturated heterocycles. The summed E-state index contributed by atoms with van der Waals surface area (Å²) in [5.74, 6) is 1.16. The highest BCUT2D eigenvalue weighted by Crippen LogP contribution is 2.24. The lowest BCUT2D eigenvalue weighted by Gasteiger charge is -2.17. The standard InChI is InChI=1S/C9H16O/c1-8(10)7-9-5-3-2-4-6-9/h7,9-10H,2-6H2,1H3/b8-7-. The Morgan fingerprint density at radius 1 is 1.30 bits per heavy atom. The van der Waals surface area contributed by atoms with Gasteiger partial charge in [0.05, 0.1) is 5.76 Å². The molecule has 0 bridgehead atoms. The number of hydrogen-bond donors (Lipinski definition) is 1. The van der Waals surface area contributed by atoms with Gasteiger partial charge in [-0.2, -0.15) is 0 Å². The Hall–Kier alpha value is -0.460. The predicted octanol–water partition coefficient (Wildman–Crippen LogP) is 3.03. The van der Waals surface area contributed by atoms with E-state index in [0.29, 0.717) is 11.7 Å². The van der Waals surface area contributed by atoms with Gasteiger partial charge in [-0.15, -0.1) is 0 Å². The molecule has 0 heterocycles. The van der Waals surface area contributed by atoms with E-state index in [1.807, 2.05) is 6.08 Å². The normalized spacial score (nSPS) is 23.1. The van der Waals surface area contributed by atoms with Crippen molar-refractivity contribution in [3.8, 4) is 0 Å². The number of hydrogen-bond acceptors (Lipinski definition) is 1. The van der Waals surface area contributed by atoms with Gasteiger partial charge < -0.3 is 5.11 Å². The average molecular weight is 140 g/mol. The highest BCUT2D eigenvalue weighted by molar-refractivity contribution is 4.92. The summed E-state index contributed by atoms with van der Waals surface area (Å²) < 4.78 is 0. The van der Waals surface area contributed by atoms with Crippen molar-refractivity contribution in [1.82, 2.24) is 0 Å². The largest absolute Gasteiger partial charge is 0.513 e. The molecule has 0 radical (unpaired) electrons. The number of aliphatic hydroxyl groups is 1. The molecule has 10 heavy (non-hydrogen) atoms. The van der Waals surface area contributed by atoms with Crippen LogP contribution in [0.3, 0.4) is 0 Å². The maximum atomic E-state index is 8.97. The summed E-state index contributed by atoms with van der Waals surface area (Å²) >= 11 is 0. The van der Waals surface area contributed by atoms with Gasteiger partial charge in [0, 0.05) is 0 Å². The van der Waals surface area contributed by atoms with E-state index in [-0.39, 0.29) is 0 Å². The first-order valence-electron chi connectivity index (χ1n) is 4.16. The fourth-order valence-electron chi connectivity index (χ4n) is 1.64. The Bertz CT molecular complexity index is 117. The van der Waals surface area contributed by atoms with Crippen molar-refractivity contribution in [1.29, 1.82) is 0 Å². The molecule has 0 atom stereocenters. The zero-order valence-electron chi connectivity index (χ0n) is 6.64. The summed E-state index contributed by atoms with van der Waals surface area (Å²) in [5, 5.41) is 8.97. The second-order valence-electron chi connectivity index (χ2n) is 3.21. The van der Waals surface area contributed by atoms with Crippen LogP contribution in [0.2, 0.25) is 0 Å². The molecule has 1 rings (SSSR count). The smallest absolute Gasteiger partial charge is 0.0854 e. The number of allylic oxidation sites excluding steroid dienone is 2. The van der Waals surface area contributed by atoms with Crippen LogP contribution in [0.5, 0.6) is 0 Å². The molecule has 1 aliphatic rings. The number of aliphatic hydroxyl groups excluding tert-OH is 1. The lowest BCUT2D eigenvalue weighted by Crippen LogP contribution is -2.03. The molecule has 0 aromatic carbocycles. The Labute approximate surface area is 62.8 Å². The quantitative estimate of drug-likeness (QED) is 0.555. The fourth-order valence-corrected chi connectivity index (χ4v) is 1.64. The first-order valence-corrected chi connectivity index (χ1v) is 4.16. The minimum absolute atomic E-state index is 0.493. The van der Waals surface area contributed by atoms with Crippen LogP contribution in [0.1, 0.15) is 39.0 Å². The molecule has 0 aliphatic heterocycles. The third-order valence-electron chi connectivity index (χ3n) is 2.13. The van der Waals surface area contributed by atoms with Crippen molar-refractivity contribution in [3.05, 3.63) is 11.8 Å². The van der Waals surface area contributed by atoms with E-state index in [9.17, 15) is 0 Å². The Balaban J connectivity index is 2.33. The van der Waals surface area contributed by atoms with E-state index in [1.54, 1.807) is 6.92 Å². The average Bonchev–Trinajstić information content (AvgIpc) is 1.88. The summed E-state index contributed by atoms with van der Waals surface area (Å²) in [4.78, 5) is 0. The van der Waals surface area contributed by atoms with E-state index in [0.717, 1.165) is 0 Å². The van der Waals surface area contributed by atoms with E-state index in [2.05, 4.69) is 0 Å². The fraction of sp³-hybridized carbons (Fsp3) is 0.778. The van der Waals surface area contributed by atoms with Gasteiger partial charge >= 0.3 is 0 Å². The lowest BCUT2D eigenvalue weighted by molar-refractivity contribution is 0.376. The van der Waals surface area contributed by atoms with Crippen LogP contribution in [0.4, 0.5) is 0 Å². The highest BCUT2D eigenvalue weighted by atomic mass is 16.3. The van der Waals surface area contributed by atoms with Crippen molar-refractivity contribution >= 4 is 0 Å². The van der Waals surface area contributed by atoms with Crippen molar-refractivity contribution < 1.29 is 5.11 Å². The lowest BCUT2D eigenvalue weighted by atomic mass is 9.89. The van der Waals surface area contributed by atoms with Crippen LogP contribution < -0.4 is 0 Å². The molecule has 58 valence electrons. The summed E-state index contributed by atoms with van der Waals surface area (Å²) in [6.07, 6.45) is 8.62. The molecule has 0 unspecified atom stereocenters. The van der Waals surface area contributed by atoms with Crippen LogP contribution in [0, 0.1) is 5.92 Å². The second kappa shape index (κ2) is 3.65. The van der Waals surface area contributed by atoms with Gasteiger partial charge in [-0.3, -0.25) is 0 Å². The molecule has 1 nitrogen and oxygen atoms in total. The monoisotopic (exact) mass is 140 g/mol. The van der Waals surface area contributed by atoms with Gasteiger partial charge in [-0.1, -0.05) is 19.3 Å². The molecule has 0 spiro atoms. The summed E-state index contributed by atoms with van der Waals surface area (Å²) in [7, 11) is 0. The third kappa shape index (κ3) is 2.42. The summed E-state index contributed by atoms with van der Waals surface area (Å²) in [6, 6.07) is 0. The van der Waals surface area contributed by atoms with Crippen molar-refractivity contribution in [2.75, 3.05) is 0 Å². The molecule has 0 aromatic heterocycles. The van der Waals surface area contributed by atoms with E-state index in [1.165, 1.54) is 32.1 Å². The van der Waals surface area contributed by atoms with Gasteiger partial charge in [0.2, 0.25) is 0 Å². The van der Waals surface area contributed by atoms with Gasteiger partial charge in [0.1, 0.15) is 0 Å². The van der Waals surface area contributed by atoms with Crippen LogP contribution in [0.15, 0.2) is 11.8 Å².